The molecule has 2 aromatic rings. The van der Waals surface area contributed by atoms with E-state index < -0.39 is 10.0 Å². The summed E-state index contributed by atoms with van der Waals surface area (Å²) in [6.45, 7) is 5.26. The van der Waals surface area contributed by atoms with E-state index in [0.29, 0.717) is 20.9 Å². The second-order valence-corrected chi connectivity index (χ2v) is 7.76. The van der Waals surface area contributed by atoms with Crippen LogP contribution in [0.1, 0.15) is 16.4 Å². The third-order valence-electron chi connectivity index (χ3n) is 2.43. The number of sulfonamides is 1. The normalized spacial score (nSPS) is 11.6. The number of nitrogens with one attached hydrogen (secondary N) is 1. The third kappa shape index (κ3) is 3.13. The van der Waals surface area contributed by atoms with Crippen molar-refractivity contribution >= 4 is 42.3 Å². The Kier molecular flexibility index (Phi) is 3.93. The number of halogens is 1. The van der Waals surface area contributed by atoms with Gasteiger partial charge in [-0.05, 0) is 42.8 Å². The van der Waals surface area contributed by atoms with Crippen LogP contribution in [0.5, 0.6) is 0 Å². The van der Waals surface area contributed by atoms with Crippen LogP contribution in [0.15, 0.2) is 21.6 Å². The second kappa shape index (κ2) is 5.18. The van der Waals surface area contributed by atoms with Crippen LogP contribution in [-0.4, -0.2) is 18.4 Å². The van der Waals surface area contributed by atoms with Gasteiger partial charge in [0.25, 0.3) is 10.0 Å². The molecule has 0 aliphatic rings. The molecule has 0 atom stereocenters. The Morgan fingerprint density at radius 3 is 2.53 bits per heavy atom. The molecule has 0 fully saturated rings. The molecule has 0 aliphatic carbocycles. The van der Waals surface area contributed by atoms with Crippen molar-refractivity contribution in [2.45, 2.75) is 25.7 Å². The number of hydrogen-bond acceptors (Lipinski definition) is 5. The van der Waals surface area contributed by atoms with Crippen molar-refractivity contribution < 1.29 is 8.42 Å². The fourth-order valence-corrected chi connectivity index (χ4v) is 4.44. The first-order chi connectivity index (χ1) is 8.79. The molecule has 0 bridgehead atoms. The van der Waals surface area contributed by atoms with Crippen molar-refractivity contribution in [2.75, 3.05) is 4.72 Å². The van der Waals surface area contributed by atoms with Gasteiger partial charge in [0, 0.05) is 10.7 Å². The summed E-state index contributed by atoms with van der Waals surface area (Å²) < 4.78 is 27.9. The minimum atomic E-state index is -3.65. The van der Waals surface area contributed by atoms with Crippen molar-refractivity contribution in [3.8, 4) is 0 Å². The van der Waals surface area contributed by atoms with Crippen molar-refractivity contribution in [3.63, 3.8) is 0 Å². The van der Waals surface area contributed by atoms with Crippen LogP contribution in [0.4, 0.5) is 5.00 Å². The zero-order chi connectivity index (χ0) is 14.2. The Labute approximate surface area is 124 Å². The highest BCUT2D eigenvalue weighted by Gasteiger charge is 2.20. The lowest BCUT2D eigenvalue weighted by molar-refractivity contribution is 0.600. The van der Waals surface area contributed by atoms with Gasteiger partial charge in [0.05, 0.1) is 16.4 Å². The van der Waals surface area contributed by atoms with Gasteiger partial charge in [0.2, 0.25) is 0 Å². The van der Waals surface area contributed by atoms with Crippen LogP contribution < -0.4 is 4.72 Å². The number of aryl methyl sites for hydroxylation is 3. The lowest BCUT2D eigenvalue weighted by atomic mass is 10.4. The van der Waals surface area contributed by atoms with Gasteiger partial charge in [-0.25, -0.2) is 13.4 Å². The topological polar surface area (TPSA) is 72.0 Å². The maximum atomic E-state index is 12.3. The first-order valence-corrected chi connectivity index (χ1v) is 8.48. The maximum absolute atomic E-state index is 12.3. The van der Waals surface area contributed by atoms with E-state index in [9.17, 15) is 8.42 Å². The molecule has 0 amide bonds. The van der Waals surface area contributed by atoms with E-state index in [1.165, 1.54) is 17.4 Å². The van der Waals surface area contributed by atoms with Crippen LogP contribution in [0.2, 0.25) is 0 Å². The number of hydrogen-bond donors (Lipinski definition) is 1. The van der Waals surface area contributed by atoms with Crippen LogP contribution in [0.25, 0.3) is 0 Å². The van der Waals surface area contributed by atoms with E-state index >= 15 is 0 Å². The molecule has 0 radical (unpaired) electrons. The molecule has 0 aromatic carbocycles. The Morgan fingerprint density at radius 2 is 1.95 bits per heavy atom. The number of aromatic nitrogens is 2. The molecule has 1 N–H and O–H groups in total. The number of rotatable bonds is 3. The van der Waals surface area contributed by atoms with Gasteiger partial charge in [0.15, 0.2) is 0 Å². The van der Waals surface area contributed by atoms with Gasteiger partial charge in [-0.15, -0.1) is 11.3 Å². The quantitative estimate of drug-likeness (QED) is 0.911. The van der Waals surface area contributed by atoms with E-state index in [1.54, 1.807) is 20.0 Å². The lowest BCUT2D eigenvalue weighted by Gasteiger charge is -2.09. The molecule has 2 heterocycles. The summed E-state index contributed by atoms with van der Waals surface area (Å²) in [6, 6.07) is 1.54. The molecule has 0 aliphatic heterocycles. The van der Waals surface area contributed by atoms with E-state index in [2.05, 4.69) is 30.6 Å². The van der Waals surface area contributed by atoms with Crippen LogP contribution >= 0.6 is 27.3 Å². The molecule has 2 rings (SSSR count). The monoisotopic (exact) mass is 361 g/mol. The minimum Gasteiger partial charge on any atom is -0.269 e. The fraction of sp³-hybridized carbons (Fsp3) is 0.273. The Balaban J connectivity index is 2.43. The van der Waals surface area contributed by atoms with Gasteiger partial charge in [-0.1, -0.05) is 0 Å². The zero-order valence-corrected chi connectivity index (χ0v) is 13.8. The Morgan fingerprint density at radius 1 is 1.26 bits per heavy atom. The predicted molar refractivity (Wildman–Crippen MR) is 79.1 cm³/mol. The van der Waals surface area contributed by atoms with E-state index in [4.69, 9.17) is 0 Å². The van der Waals surface area contributed by atoms with Crippen LogP contribution in [0, 0.1) is 20.8 Å². The molecule has 2 aromatic heterocycles. The molecule has 0 saturated carbocycles. The standard InChI is InChI=1S/C11H12BrN3O2S2/c1-6-10(4-9(12)5-13-6)19(16,17)15-11-7(2)14-8(3)18-11/h4-5,15H,1-3H3. The van der Waals surface area contributed by atoms with Gasteiger partial charge >= 0.3 is 0 Å². The summed E-state index contributed by atoms with van der Waals surface area (Å²) in [4.78, 5) is 8.39. The summed E-state index contributed by atoms with van der Waals surface area (Å²) in [7, 11) is -3.65. The summed E-state index contributed by atoms with van der Waals surface area (Å²) in [5, 5.41) is 1.36. The summed E-state index contributed by atoms with van der Waals surface area (Å²) in [5.74, 6) is 0. The molecule has 0 spiro atoms. The smallest absolute Gasteiger partial charge is 0.264 e. The summed E-state index contributed by atoms with van der Waals surface area (Å²) >= 11 is 4.54. The highest BCUT2D eigenvalue weighted by molar-refractivity contribution is 9.10. The minimum absolute atomic E-state index is 0.160. The Hall–Kier alpha value is -0.990. The van der Waals surface area contributed by atoms with E-state index in [1.807, 2.05) is 6.92 Å². The lowest BCUT2D eigenvalue weighted by Crippen LogP contribution is -2.14. The van der Waals surface area contributed by atoms with Crippen molar-refractivity contribution in [2.24, 2.45) is 0 Å². The highest BCUT2D eigenvalue weighted by atomic mass is 79.9. The number of thiazole rings is 1. The molecular weight excluding hydrogens is 350 g/mol. The number of nitrogens with zero attached hydrogens (tertiary/aromatic N) is 2. The number of anilines is 1. The first-order valence-electron chi connectivity index (χ1n) is 5.38. The average Bonchev–Trinajstić information content (AvgIpc) is 2.60. The molecule has 5 nitrogen and oxygen atoms in total. The van der Waals surface area contributed by atoms with Gasteiger partial charge in [-0.2, -0.15) is 0 Å². The number of pyridine rings is 1. The molecule has 0 saturated heterocycles. The molecule has 102 valence electrons. The van der Waals surface area contributed by atoms with Crippen LogP contribution in [0.3, 0.4) is 0 Å². The van der Waals surface area contributed by atoms with Crippen molar-refractivity contribution in [1.82, 2.24) is 9.97 Å². The van der Waals surface area contributed by atoms with E-state index in [-0.39, 0.29) is 4.90 Å². The van der Waals surface area contributed by atoms with Gasteiger partial charge < -0.3 is 0 Å². The van der Waals surface area contributed by atoms with Crippen molar-refractivity contribution in [3.05, 3.63) is 33.1 Å². The highest BCUT2D eigenvalue weighted by Crippen LogP contribution is 2.27. The third-order valence-corrected chi connectivity index (χ3v) is 5.44. The fourth-order valence-electron chi connectivity index (χ4n) is 1.56. The maximum Gasteiger partial charge on any atom is 0.264 e. The largest absolute Gasteiger partial charge is 0.269 e. The van der Waals surface area contributed by atoms with Gasteiger partial charge in [0.1, 0.15) is 9.90 Å². The average molecular weight is 362 g/mol. The SMILES string of the molecule is Cc1nc(C)c(NS(=O)(=O)c2cc(Br)cnc2C)s1. The molecule has 8 heteroatoms. The van der Waals surface area contributed by atoms with Gasteiger partial charge in [-0.3, -0.25) is 9.71 Å². The van der Waals surface area contributed by atoms with Crippen molar-refractivity contribution in [1.29, 1.82) is 0 Å². The summed E-state index contributed by atoms with van der Waals surface area (Å²) in [5.41, 5.74) is 1.13. The summed E-state index contributed by atoms with van der Waals surface area (Å²) in [6.07, 6.45) is 1.57. The molecule has 19 heavy (non-hydrogen) atoms. The second-order valence-electron chi connectivity index (χ2n) is 3.99. The zero-order valence-electron chi connectivity index (χ0n) is 10.6. The predicted octanol–water partition coefficient (Wildman–Crippen LogP) is 3.03. The molecular formula is C11H12BrN3O2S2. The Bertz CT molecular complexity index is 726. The molecule has 0 unspecified atom stereocenters. The first kappa shape index (κ1) is 14.4. The van der Waals surface area contributed by atoms with E-state index in [0.717, 1.165) is 5.01 Å². The van der Waals surface area contributed by atoms with Crippen LogP contribution in [-0.2, 0) is 10.0 Å².